The number of allylic oxidation sites excluding steroid dienone is 3. The van der Waals surface area contributed by atoms with E-state index in [1.807, 2.05) is 19.9 Å². The summed E-state index contributed by atoms with van der Waals surface area (Å²) in [6, 6.07) is 0. The van der Waals surface area contributed by atoms with Gasteiger partial charge in [0.2, 0.25) is 0 Å². The van der Waals surface area contributed by atoms with Crippen LogP contribution in [0.1, 0.15) is 27.2 Å². The molecule has 0 aromatic heterocycles. The average Bonchev–Trinajstić information content (AvgIpc) is 1.84. The molecular formula is C10H14O. The summed E-state index contributed by atoms with van der Waals surface area (Å²) in [5.41, 5.74) is 2.06. The van der Waals surface area contributed by atoms with Gasteiger partial charge in [-0.05, 0) is 13.8 Å². The minimum absolute atomic E-state index is 0.0318. The molecule has 1 unspecified atom stereocenters. The molecule has 1 heteroatoms. The molecule has 1 aliphatic rings. The second-order valence-electron chi connectivity index (χ2n) is 3.60. The van der Waals surface area contributed by atoms with E-state index < -0.39 is 0 Å². The molecule has 0 bridgehead atoms. The normalized spacial score (nSPS) is 29.7. The van der Waals surface area contributed by atoms with Crippen molar-refractivity contribution in [2.24, 2.45) is 5.41 Å². The van der Waals surface area contributed by atoms with Crippen LogP contribution in [-0.2, 0) is 4.79 Å². The van der Waals surface area contributed by atoms with Crippen LogP contribution in [-0.4, -0.2) is 5.78 Å². The molecule has 1 atom stereocenters. The molecule has 60 valence electrons. The average molecular weight is 150 g/mol. The molecule has 1 aliphatic carbocycles. The first-order chi connectivity index (χ1) is 5.01. The number of carbonyl (C=O) groups excluding carboxylic acids is 1. The fraction of sp³-hybridized carbons (Fsp3) is 0.500. The van der Waals surface area contributed by atoms with Crippen molar-refractivity contribution in [3.8, 4) is 0 Å². The zero-order chi connectivity index (χ0) is 8.65. The molecule has 1 saturated carbocycles. The Kier molecular flexibility index (Phi) is 1.75. The van der Waals surface area contributed by atoms with Gasteiger partial charge in [-0.15, -0.1) is 6.58 Å². The smallest absolute Gasteiger partial charge is 0.160 e. The maximum absolute atomic E-state index is 11.1. The second kappa shape index (κ2) is 2.33. The molecule has 0 aromatic rings. The van der Waals surface area contributed by atoms with Crippen molar-refractivity contribution in [1.29, 1.82) is 0 Å². The minimum Gasteiger partial charge on any atom is -0.294 e. The van der Waals surface area contributed by atoms with Crippen molar-refractivity contribution < 1.29 is 4.79 Å². The van der Waals surface area contributed by atoms with Gasteiger partial charge in [0, 0.05) is 17.4 Å². The van der Waals surface area contributed by atoms with Crippen LogP contribution >= 0.6 is 0 Å². The highest BCUT2D eigenvalue weighted by Gasteiger charge is 2.42. The van der Waals surface area contributed by atoms with Crippen LogP contribution in [0.3, 0.4) is 0 Å². The van der Waals surface area contributed by atoms with Gasteiger partial charge < -0.3 is 0 Å². The number of ketones is 1. The monoisotopic (exact) mass is 150 g/mol. The van der Waals surface area contributed by atoms with Crippen LogP contribution in [0, 0.1) is 5.41 Å². The first-order valence-corrected chi connectivity index (χ1v) is 3.86. The van der Waals surface area contributed by atoms with E-state index in [1.54, 1.807) is 0 Å². The standard InChI is InChI=1S/C10H14O/c1-5-10(4)6-8(11)9(10)7(2)3/h5H,1,6H2,2-4H3. The predicted octanol–water partition coefficient (Wildman–Crippen LogP) is 2.49. The molecule has 0 amide bonds. The van der Waals surface area contributed by atoms with Crippen LogP contribution in [0.25, 0.3) is 0 Å². The summed E-state index contributed by atoms with van der Waals surface area (Å²) in [6.45, 7) is 9.75. The highest BCUT2D eigenvalue weighted by molar-refractivity contribution is 6.05. The van der Waals surface area contributed by atoms with Crippen LogP contribution in [0.5, 0.6) is 0 Å². The highest BCUT2D eigenvalue weighted by Crippen LogP contribution is 2.45. The van der Waals surface area contributed by atoms with E-state index in [1.165, 1.54) is 0 Å². The van der Waals surface area contributed by atoms with Gasteiger partial charge in [-0.25, -0.2) is 0 Å². The largest absolute Gasteiger partial charge is 0.294 e. The molecule has 1 fully saturated rings. The Bertz CT molecular complexity index is 244. The molecular weight excluding hydrogens is 136 g/mol. The van der Waals surface area contributed by atoms with Gasteiger partial charge in [-0.2, -0.15) is 0 Å². The lowest BCUT2D eigenvalue weighted by Gasteiger charge is -2.38. The second-order valence-corrected chi connectivity index (χ2v) is 3.60. The number of Topliss-reactive ketones (excluding diaryl/α,β-unsaturated/α-hetero) is 1. The van der Waals surface area contributed by atoms with Crippen molar-refractivity contribution in [2.45, 2.75) is 27.2 Å². The fourth-order valence-corrected chi connectivity index (χ4v) is 1.75. The fourth-order valence-electron chi connectivity index (χ4n) is 1.75. The van der Waals surface area contributed by atoms with Crippen molar-refractivity contribution in [3.63, 3.8) is 0 Å². The van der Waals surface area contributed by atoms with E-state index in [0.717, 1.165) is 11.1 Å². The Morgan fingerprint density at radius 1 is 1.64 bits per heavy atom. The third-order valence-corrected chi connectivity index (χ3v) is 2.33. The SMILES string of the molecule is C=CC1(C)CC(=O)C1=C(C)C. The first kappa shape index (κ1) is 8.25. The lowest BCUT2D eigenvalue weighted by molar-refractivity contribution is -0.122. The van der Waals surface area contributed by atoms with Crippen molar-refractivity contribution in [2.75, 3.05) is 0 Å². The van der Waals surface area contributed by atoms with E-state index >= 15 is 0 Å². The van der Waals surface area contributed by atoms with Crippen LogP contribution in [0.2, 0.25) is 0 Å². The molecule has 11 heavy (non-hydrogen) atoms. The Hall–Kier alpha value is -0.850. The maximum atomic E-state index is 11.1. The van der Waals surface area contributed by atoms with Gasteiger partial charge in [0.15, 0.2) is 5.78 Å². The predicted molar refractivity (Wildman–Crippen MR) is 46.3 cm³/mol. The third kappa shape index (κ3) is 1.05. The molecule has 0 radical (unpaired) electrons. The third-order valence-electron chi connectivity index (χ3n) is 2.33. The summed E-state index contributed by atoms with van der Waals surface area (Å²) >= 11 is 0. The van der Waals surface area contributed by atoms with Crippen LogP contribution < -0.4 is 0 Å². The van der Waals surface area contributed by atoms with E-state index in [4.69, 9.17) is 0 Å². The Balaban J connectivity index is 3.04. The van der Waals surface area contributed by atoms with Crippen molar-refractivity contribution >= 4 is 5.78 Å². The Morgan fingerprint density at radius 3 is 2.36 bits per heavy atom. The van der Waals surface area contributed by atoms with Gasteiger partial charge in [-0.1, -0.05) is 18.6 Å². The minimum atomic E-state index is -0.0318. The number of carbonyl (C=O) groups is 1. The zero-order valence-electron chi connectivity index (χ0n) is 7.40. The number of hydrogen-bond donors (Lipinski definition) is 0. The summed E-state index contributed by atoms with van der Waals surface area (Å²) in [5.74, 6) is 0.285. The first-order valence-electron chi connectivity index (χ1n) is 3.86. The molecule has 0 heterocycles. The lowest BCUT2D eigenvalue weighted by Crippen LogP contribution is -2.37. The quantitative estimate of drug-likeness (QED) is 0.414. The lowest BCUT2D eigenvalue weighted by atomic mass is 9.63. The molecule has 0 aromatic carbocycles. The molecule has 0 spiro atoms. The summed E-state index contributed by atoms with van der Waals surface area (Å²) in [7, 11) is 0. The summed E-state index contributed by atoms with van der Waals surface area (Å²) < 4.78 is 0. The van der Waals surface area contributed by atoms with Crippen molar-refractivity contribution in [3.05, 3.63) is 23.8 Å². The van der Waals surface area contributed by atoms with Crippen LogP contribution in [0.4, 0.5) is 0 Å². The molecule has 0 N–H and O–H groups in total. The molecule has 0 saturated heterocycles. The van der Waals surface area contributed by atoms with E-state index in [-0.39, 0.29) is 11.2 Å². The van der Waals surface area contributed by atoms with E-state index in [2.05, 4.69) is 13.5 Å². The molecule has 1 rings (SSSR count). The van der Waals surface area contributed by atoms with Gasteiger partial charge >= 0.3 is 0 Å². The van der Waals surface area contributed by atoms with Gasteiger partial charge in [0.25, 0.3) is 0 Å². The molecule has 1 nitrogen and oxygen atoms in total. The zero-order valence-corrected chi connectivity index (χ0v) is 7.40. The Morgan fingerprint density at radius 2 is 2.18 bits per heavy atom. The van der Waals surface area contributed by atoms with Gasteiger partial charge in [0.05, 0.1) is 0 Å². The van der Waals surface area contributed by atoms with E-state index in [0.29, 0.717) is 6.42 Å². The topological polar surface area (TPSA) is 17.1 Å². The van der Waals surface area contributed by atoms with Crippen molar-refractivity contribution in [1.82, 2.24) is 0 Å². The summed E-state index contributed by atoms with van der Waals surface area (Å²) in [6.07, 6.45) is 2.51. The van der Waals surface area contributed by atoms with E-state index in [9.17, 15) is 4.79 Å². The maximum Gasteiger partial charge on any atom is 0.160 e. The summed E-state index contributed by atoms with van der Waals surface area (Å²) in [5, 5.41) is 0. The summed E-state index contributed by atoms with van der Waals surface area (Å²) in [4.78, 5) is 11.1. The Labute approximate surface area is 67.8 Å². The van der Waals surface area contributed by atoms with Gasteiger partial charge in [-0.3, -0.25) is 4.79 Å². The van der Waals surface area contributed by atoms with Gasteiger partial charge in [0.1, 0.15) is 0 Å². The number of rotatable bonds is 1. The molecule has 0 aliphatic heterocycles. The highest BCUT2D eigenvalue weighted by atomic mass is 16.1. The number of hydrogen-bond acceptors (Lipinski definition) is 1. The van der Waals surface area contributed by atoms with Crippen LogP contribution in [0.15, 0.2) is 23.8 Å².